The number of aryl methyl sites for hydroxylation is 3. The minimum absolute atomic E-state index is 0.0793. The molecular weight excluding hydrogens is 464 g/mol. The van der Waals surface area contributed by atoms with Gasteiger partial charge in [0.05, 0.1) is 6.61 Å². The Kier molecular flexibility index (Phi) is 7.72. The van der Waals surface area contributed by atoms with E-state index in [-0.39, 0.29) is 12.8 Å². The lowest BCUT2D eigenvalue weighted by Gasteiger charge is -2.22. The molecule has 1 aliphatic carbocycles. The van der Waals surface area contributed by atoms with Gasteiger partial charge in [0.15, 0.2) is 0 Å². The van der Waals surface area contributed by atoms with Crippen molar-refractivity contribution in [3.8, 4) is 22.6 Å². The Hall–Kier alpha value is -3.42. The molecule has 3 aromatic carbocycles. The number of benzene rings is 3. The zero-order valence-electron chi connectivity index (χ0n) is 21.8. The average molecular weight is 500 g/mol. The zero-order valence-corrected chi connectivity index (χ0v) is 21.8. The largest absolute Gasteiger partial charge is 0.528 e. The van der Waals surface area contributed by atoms with Gasteiger partial charge in [-0.3, -0.25) is 0 Å². The third-order valence-corrected chi connectivity index (χ3v) is 7.44. The minimum atomic E-state index is -0.0793. The first-order valence-corrected chi connectivity index (χ1v) is 13.1. The zero-order chi connectivity index (χ0) is 25.8. The number of rotatable bonds is 10. The van der Waals surface area contributed by atoms with Crippen LogP contribution in [-0.2, 0) is 13.0 Å². The Morgan fingerprint density at radius 3 is 2.62 bits per heavy atom. The summed E-state index contributed by atoms with van der Waals surface area (Å²) in [6.45, 7) is 7.60. The van der Waals surface area contributed by atoms with Crippen LogP contribution in [-0.4, -0.2) is 24.5 Å². The predicted molar refractivity (Wildman–Crippen MR) is 145 cm³/mol. The van der Waals surface area contributed by atoms with E-state index in [0.29, 0.717) is 25.6 Å². The third kappa shape index (κ3) is 5.63. The molecule has 7 nitrogen and oxygen atoms in total. The summed E-state index contributed by atoms with van der Waals surface area (Å²) in [6, 6.07) is 17.1. The monoisotopic (exact) mass is 499 g/mol. The maximum atomic E-state index is 9.02. The Morgan fingerprint density at radius 1 is 1.03 bits per heavy atom. The van der Waals surface area contributed by atoms with Crippen molar-refractivity contribution >= 4 is 0 Å². The van der Waals surface area contributed by atoms with E-state index < -0.39 is 0 Å². The molecule has 0 saturated carbocycles. The number of ether oxygens (including phenoxy) is 2. The second-order valence-electron chi connectivity index (χ2n) is 9.99. The molecule has 0 fully saturated rings. The quantitative estimate of drug-likeness (QED) is 0.307. The molecule has 0 radical (unpaired) electrons. The summed E-state index contributed by atoms with van der Waals surface area (Å²) in [6.07, 6.45) is 3.62. The van der Waals surface area contributed by atoms with E-state index >= 15 is 0 Å². The van der Waals surface area contributed by atoms with Gasteiger partial charge in [-0.05, 0) is 121 Å². The van der Waals surface area contributed by atoms with Gasteiger partial charge in [0, 0.05) is 13.0 Å². The summed E-state index contributed by atoms with van der Waals surface area (Å²) < 4.78 is 12.1. The molecule has 1 aliphatic heterocycles. The van der Waals surface area contributed by atoms with Gasteiger partial charge >= 0.3 is 0 Å². The van der Waals surface area contributed by atoms with Crippen molar-refractivity contribution in [2.24, 2.45) is 10.3 Å². The summed E-state index contributed by atoms with van der Waals surface area (Å²) in [5.74, 6) is 2.23. The van der Waals surface area contributed by atoms with E-state index in [4.69, 9.17) is 14.6 Å². The predicted octanol–water partition coefficient (Wildman–Crippen LogP) is 6.62. The van der Waals surface area contributed by atoms with Gasteiger partial charge in [0.25, 0.3) is 0 Å². The van der Waals surface area contributed by atoms with E-state index in [1.807, 2.05) is 0 Å². The first-order chi connectivity index (χ1) is 18.0. The van der Waals surface area contributed by atoms with Crippen LogP contribution in [0.1, 0.15) is 58.6 Å². The van der Waals surface area contributed by atoms with Crippen LogP contribution < -0.4 is 15.0 Å². The maximum Gasteiger partial charge on any atom is 0.120 e. The van der Waals surface area contributed by atoms with Crippen LogP contribution in [0, 0.1) is 20.8 Å². The van der Waals surface area contributed by atoms with E-state index in [2.05, 4.69) is 90.6 Å². The van der Waals surface area contributed by atoms with Crippen LogP contribution in [0.3, 0.4) is 0 Å². The number of nitrogens with one attached hydrogen (secondary N) is 1. The first kappa shape index (κ1) is 25.2. The van der Waals surface area contributed by atoms with Crippen molar-refractivity contribution in [2.75, 3.05) is 13.2 Å². The number of aliphatic hydroxyl groups excluding tert-OH is 1. The fourth-order valence-electron chi connectivity index (χ4n) is 5.54. The molecule has 2 unspecified atom stereocenters. The number of hydrogen-bond acceptors (Lipinski definition) is 6. The normalized spacial score (nSPS) is 18.1. The van der Waals surface area contributed by atoms with Gasteiger partial charge in [0.2, 0.25) is 0 Å². The fourth-order valence-corrected chi connectivity index (χ4v) is 5.54. The highest BCUT2D eigenvalue weighted by Crippen LogP contribution is 2.40. The summed E-state index contributed by atoms with van der Waals surface area (Å²) in [7, 11) is 0. The standard InChI is InChI=1S/C30H35N4O3/c1-19-14-26(36-13-5-12-35)15-20(2)30(19)27-7-4-6-24(21(27)3)18-37-25-10-11-28-22(16-25)8-9-23(28)17-29-31-33-34-32-29/h4,6-7,10-11,14-16,23,29,35H,5,8-9,12-13,17-18H2,1-3H3,(H-,31,32,33,34)/q-1. The minimum Gasteiger partial charge on any atom is -0.528 e. The van der Waals surface area contributed by atoms with E-state index in [9.17, 15) is 0 Å². The molecule has 0 bridgehead atoms. The molecule has 37 heavy (non-hydrogen) atoms. The highest BCUT2D eigenvalue weighted by molar-refractivity contribution is 5.75. The van der Waals surface area contributed by atoms with Crippen LogP contribution in [0.4, 0.5) is 0 Å². The molecule has 1 heterocycles. The van der Waals surface area contributed by atoms with Gasteiger partial charge in [0.1, 0.15) is 18.1 Å². The Bertz CT molecular complexity index is 1270. The van der Waals surface area contributed by atoms with Crippen molar-refractivity contribution in [3.05, 3.63) is 87.3 Å². The molecule has 194 valence electrons. The second-order valence-corrected chi connectivity index (χ2v) is 9.99. The first-order valence-electron chi connectivity index (χ1n) is 13.1. The van der Waals surface area contributed by atoms with Crippen molar-refractivity contribution < 1.29 is 14.6 Å². The van der Waals surface area contributed by atoms with E-state index in [1.54, 1.807) is 0 Å². The molecule has 7 heteroatoms. The van der Waals surface area contributed by atoms with Crippen LogP contribution in [0.2, 0.25) is 0 Å². The summed E-state index contributed by atoms with van der Waals surface area (Å²) in [5, 5.41) is 16.9. The lowest BCUT2D eigenvalue weighted by Crippen LogP contribution is -2.08. The molecule has 2 atom stereocenters. The highest BCUT2D eigenvalue weighted by Gasteiger charge is 2.24. The SMILES string of the molecule is Cc1cc(OCCCO)cc(C)c1-c1cccc(COc2ccc3c(c2)CCC3CC2N=NN[N-]2)c1C. The molecule has 0 aromatic heterocycles. The van der Waals surface area contributed by atoms with E-state index in [0.717, 1.165) is 30.8 Å². The molecule has 0 amide bonds. The van der Waals surface area contributed by atoms with Crippen LogP contribution in [0.5, 0.6) is 11.5 Å². The van der Waals surface area contributed by atoms with Crippen LogP contribution in [0.25, 0.3) is 16.6 Å². The van der Waals surface area contributed by atoms with Gasteiger partial charge in [-0.25, -0.2) is 0 Å². The Labute approximate surface area is 218 Å². The van der Waals surface area contributed by atoms with Gasteiger partial charge in [-0.15, -0.1) is 0 Å². The second kappa shape index (κ2) is 11.3. The van der Waals surface area contributed by atoms with Crippen molar-refractivity contribution in [1.82, 2.24) is 5.53 Å². The van der Waals surface area contributed by atoms with Gasteiger partial charge in [-0.1, -0.05) is 29.5 Å². The molecule has 3 aromatic rings. The van der Waals surface area contributed by atoms with Crippen molar-refractivity contribution in [2.45, 2.75) is 65.1 Å². The molecule has 0 saturated heterocycles. The van der Waals surface area contributed by atoms with Crippen molar-refractivity contribution in [3.63, 3.8) is 0 Å². The molecular formula is C30H35N4O3-. The summed E-state index contributed by atoms with van der Waals surface area (Å²) in [5.41, 5.74) is 16.8. The lowest BCUT2D eigenvalue weighted by atomic mass is 9.90. The van der Waals surface area contributed by atoms with Crippen LogP contribution >= 0.6 is 0 Å². The van der Waals surface area contributed by atoms with Crippen LogP contribution in [0.15, 0.2) is 58.9 Å². The lowest BCUT2D eigenvalue weighted by molar-refractivity contribution is 0.233. The number of aliphatic hydroxyl groups is 1. The van der Waals surface area contributed by atoms with Crippen molar-refractivity contribution in [1.29, 1.82) is 0 Å². The number of hydrogen-bond donors (Lipinski definition) is 2. The number of nitrogens with zero attached hydrogens (tertiary/aromatic N) is 3. The smallest absolute Gasteiger partial charge is 0.120 e. The molecule has 0 spiro atoms. The molecule has 2 N–H and O–H groups in total. The van der Waals surface area contributed by atoms with E-state index in [1.165, 1.54) is 44.5 Å². The number of fused-ring (bicyclic) bond motifs is 1. The Balaban J connectivity index is 1.28. The van der Waals surface area contributed by atoms with Gasteiger partial charge in [-0.2, -0.15) is 5.11 Å². The topological polar surface area (TPSA) is 89.5 Å². The summed E-state index contributed by atoms with van der Waals surface area (Å²) >= 11 is 0. The third-order valence-electron chi connectivity index (χ3n) is 7.44. The molecule has 5 rings (SSSR count). The fraction of sp³-hybridized carbons (Fsp3) is 0.400. The van der Waals surface area contributed by atoms with Gasteiger partial charge < -0.3 is 25.5 Å². The maximum absolute atomic E-state index is 9.02. The highest BCUT2D eigenvalue weighted by atomic mass is 16.5. The molecule has 2 aliphatic rings. The Morgan fingerprint density at radius 2 is 1.86 bits per heavy atom. The summed E-state index contributed by atoms with van der Waals surface area (Å²) in [4.78, 5) is 0. The average Bonchev–Trinajstić information content (AvgIpc) is 3.54.